The highest BCUT2D eigenvalue weighted by Gasteiger charge is 2.61. The Hall–Kier alpha value is -2.62. The quantitative estimate of drug-likeness (QED) is 0.900. The number of benzene rings is 2. The molecule has 2 atom stereocenters. The van der Waals surface area contributed by atoms with Gasteiger partial charge in [0, 0.05) is 24.9 Å². The molecule has 0 unspecified atom stereocenters. The van der Waals surface area contributed by atoms with E-state index >= 15 is 0 Å². The number of piperidine rings is 1. The third kappa shape index (κ3) is 2.90. The lowest BCUT2D eigenvalue weighted by Crippen LogP contribution is -2.33. The number of aromatic carboxylic acids is 1. The standard InChI is InChI=1S/C22H23NO3/c1-15-6-9-17(10-7-15)22-12-18(22)13-23(14-22)20(24)11-8-16-4-2-3-5-19(16)21(25)26/h2-7,9-10,18H,8,11-14H2,1H3,(H,25,26)/t18-,22+/m0/s1. The molecule has 2 aromatic rings. The van der Waals surface area contributed by atoms with Crippen LogP contribution in [0, 0.1) is 12.8 Å². The second-order valence-electron chi connectivity index (χ2n) is 7.66. The Labute approximate surface area is 153 Å². The van der Waals surface area contributed by atoms with E-state index in [1.807, 2.05) is 11.0 Å². The number of hydrogen-bond acceptors (Lipinski definition) is 2. The van der Waals surface area contributed by atoms with Crippen molar-refractivity contribution < 1.29 is 14.7 Å². The molecule has 1 amide bonds. The Bertz CT molecular complexity index is 858. The molecular formula is C22H23NO3. The number of carboxylic acid groups (broad SMARTS) is 1. The number of hydrogen-bond donors (Lipinski definition) is 1. The van der Waals surface area contributed by atoms with Crippen LogP contribution in [0.5, 0.6) is 0 Å². The summed E-state index contributed by atoms with van der Waals surface area (Å²) in [6, 6.07) is 15.6. The Morgan fingerprint density at radius 2 is 1.88 bits per heavy atom. The topological polar surface area (TPSA) is 57.6 Å². The van der Waals surface area contributed by atoms with Crippen molar-refractivity contribution in [3.63, 3.8) is 0 Å². The smallest absolute Gasteiger partial charge is 0.335 e. The molecule has 1 saturated carbocycles. The van der Waals surface area contributed by atoms with E-state index in [1.54, 1.807) is 18.2 Å². The third-order valence-electron chi connectivity index (χ3n) is 5.98. The van der Waals surface area contributed by atoms with Crippen molar-refractivity contribution in [2.75, 3.05) is 13.1 Å². The molecule has 4 heteroatoms. The summed E-state index contributed by atoms with van der Waals surface area (Å²) in [5.41, 5.74) is 3.78. The number of carboxylic acids is 1. The van der Waals surface area contributed by atoms with Gasteiger partial charge in [-0.05, 0) is 42.9 Å². The van der Waals surface area contributed by atoms with E-state index in [2.05, 4.69) is 31.2 Å². The lowest BCUT2D eigenvalue weighted by molar-refractivity contribution is -0.130. The van der Waals surface area contributed by atoms with Crippen molar-refractivity contribution in [1.82, 2.24) is 4.90 Å². The van der Waals surface area contributed by atoms with Gasteiger partial charge in [-0.15, -0.1) is 0 Å². The first kappa shape index (κ1) is 16.8. The average molecular weight is 349 g/mol. The number of likely N-dealkylation sites (tertiary alicyclic amines) is 1. The van der Waals surface area contributed by atoms with E-state index in [-0.39, 0.29) is 11.3 Å². The lowest BCUT2D eigenvalue weighted by Gasteiger charge is -2.21. The first-order chi connectivity index (χ1) is 12.5. The summed E-state index contributed by atoms with van der Waals surface area (Å²) in [6.07, 6.45) is 2.00. The highest BCUT2D eigenvalue weighted by molar-refractivity contribution is 5.89. The van der Waals surface area contributed by atoms with E-state index in [0.717, 1.165) is 18.7 Å². The van der Waals surface area contributed by atoms with Crippen molar-refractivity contribution in [3.05, 3.63) is 70.8 Å². The number of carbonyl (C=O) groups excluding carboxylic acids is 1. The number of rotatable bonds is 5. The number of carbonyl (C=O) groups is 2. The van der Waals surface area contributed by atoms with Crippen LogP contribution in [0.3, 0.4) is 0 Å². The summed E-state index contributed by atoms with van der Waals surface area (Å²) in [7, 11) is 0. The molecule has 2 aliphatic rings. The maximum absolute atomic E-state index is 12.7. The molecule has 4 rings (SSSR count). The Morgan fingerprint density at radius 3 is 2.62 bits per heavy atom. The van der Waals surface area contributed by atoms with Gasteiger partial charge in [0.05, 0.1) is 5.56 Å². The summed E-state index contributed by atoms with van der Waals surface area (Å²) >= 11 is 0. The predicted octanol–water partition coefficient (Wildman–Crippen LogP) is 3.43. The zero-order valence-corrected chi connectivity index (χ0v) is 14.9. The van der Waals surface area contributed by atoms with E-state index in [4.69, 9.17) is 0 Å². The molecular weight excluding hydrogens is 326 g/mol. The van der Waals surface area contributed by atoms with E-state index in [9.17, 15) is 14.7 Å². The molecule has 2 fully saturated rings. The zero-order valence-electron chi connectivity index (χ0n) is 14.9. The molecule has 0 spiro atoms. The molecule has 1 aliphatic heterocycles. The fraction of sp³-hybridized carbons (Fsp3) is 0.364. The fourth-order valence-electron chi connectivity index (χ4n) is 4.35. The van der Waals surface area contributed by atoms with Crippen LogP contribution in [0.15, 0.2) is 48.5 Å². The number of fused-ring (bicyclic) bond motifs is 1. The zero-order chi connectivity index (χ0) is 18.3. The number of aryl methyl sites for hydroxylation is 2. The highest BCUT2D eigenvalue weighted by Crippen LogP contribution is 2.59. The van der Waals surface area contributed by atoms with Crippen molar-refractivity contribution in [3.8, 4) is 0 Å². The fourth-order valence-corrected chi connectivity index (χ4v) is 4.35. The van der Waals surface area contributed by atoms with Gasteiger partial charge in [-0.1, -0.05) is 48.0 Å². The summed E-state index contributed by atoms with van der Waals surface area (Å²) < 4.78 is 0. The maximum Gasteiger partial charge on any atom is 0.335 e. The monoisotopic (exact) mass is 349 g/mol. The first-order valence-corrected chi connectivity index (χ1v) is 9.16. The van der Waals surface area contributed by atoms with Crippen molar-refractivity contribution in [2.24, 2.45) is 5.92 Å². The molecule has 0 bridgehead atoms. The number of amides is 1. The van der Waals surface area contributed by atoms with Crippen molar-refractivity contribution >= 4 is 11.9 Å². The molecule has 134 valence electrons. The molecule has 0 radical (unpaired) electrons. The molecule has 1 heterocycles. The van der Waals surface area contributed by atoms with Crippen LogP contribution in [0.25, 0.3) is 0 Å². The van der Waals surface area contributed by atoms with Crippen LogP contribution in [0.2, 0.25) is 0 Å². The second-order valence-corrected chi connectivity index (χ2v) is 7.66. The third-order valence-corrected chi connectivity index (χ3v) is 5.98. The van der Waals surface area contributed by atoms with Crippen molar-refractivity contribution in [1.29, 1.82) is 0 Å². The molecule has 26 heavy (non-hydrogen) atoms. The van der Waals surface area contributed by atoms with Gasteiger partial charge in [0.15, 0.2) is 0 Å². The molecule has 0 aromatic heterocycles. The molecule has 4 nitrogen and oxygen atoms in total. The normalized spacial score (nSPS) is 23.6. The minimum Gasteiger partial charge on any atom is -0.478 e. The predicted molar refractivity (Wildman–Crippen MR) is 99.3 cm³/mol. The largest absolute Gasteiger partial charge is 0.478 e. The van der Waals surface area contributed by atoms with Gasteiger partial charge in [0.25, 0.3) is 0 Å². The Balaban J connectivity index is 1.40. The van der Waals surface area contributed by atoms with Crippen molar-refractivity contribution in [2.45, 2.75) is 31.6 Å². The van der Waals surface area contributed by atoms with Gasteiger partial charge >= 0.3 is 5.97 Å². The molecule has 1 saturated heterocycles. The number of nitrogens with zero attached hydrogens (tertiary/aromatic N) is 1. The molecule has 1 aliphatic carbocycles. The van der Waals surface area contributed by atoms with Crippen LogP contribution < -0.4 is 0 Å². The Morgan fingerprint density at radius 1 is 1.15 bits per heavy atom. The van der Waals surface area contributed by atoms with Crippen LogP contribution in [-0.2, 0) is 16.6 Å². The Kier molecular flexibility index (Phi) is 4.06. The molecule has 1 N–H and O–H groups in total. The summed E-state index contributed by atoms with van der Waals surface area (Å²) in [4.78, 5) is 25.9. The van der Waals surface area contributed by atoms with Gasteiger partial charge in [0.2, 0.25) is 5.91 Å². The maximum atomic E-state index is 12.7. The SMILES string of the molecule is Cc1ccc([C@]23C[C@H]2CN(C(=O)CCc2ccccc2C(=O)O)C3)cc1. The van der Waals surface area contributed by atoms with E-state index in [0.29, 0.717) is 24.3 Å². The van der Waals surface area contributed by atoms with Crippen LogP contribution in [0.1, 0.15) is 39.9 Å². The van der Waals surface area contributed by atoms with E-state index < -0.39 is 5.97 Å². The van der Waals surface area contributed by atoms with Gasteiger partial charge in [0.1, 0.15) is 0 Å². The minimum atomic E-state index is -0.936. The van der Waals surface area contributed by atoms with Crippen LogP contribution in [0.4, 0.5) is 0 Å². The molecule has 2 aromatic carbocycles. The summed E-state index contributed by atoms with van der Waals surface area (Å²) in [6.45, 7) is 3.71. The van der Waals surface area contributed by atoms with Gasteiger partial charge in [-0.3, -0.25) is 4.79 Å². The highest BCUT2D eigenvalue weighted by atomic mass is 16.4. The average Bonchev–Trinajstić information content (AvgIpc) is 3.21. The van der Waals surface area contributed by atoms with Crippen LogP contribution in [-0.4, -0.2) is 35.0 Å². The van der Waals surface area contributed by atoms with Gasteiger partial charge in [-0.25, -0.2) is 4.79 Å². The van der Waals surface area contributed by atoms with Crippen LogP contribution >= 0.6 is 0 Å². The van der Waals surface area contributed by atoms with Gasteiger partial charge < -0.3 is 10.0 Å². The summed E-state index contributed by atoms with van der Waals surface area (Å²) in [5, 5.41) is 9.27. The van der Waals surface area contributed by atoms with Gasteiger partial charge in [-0.2, -0.15) is 0 Å². The minimum absolute atomic E-state index is 0.129. The van der Waals surface area contributed by atoms with E-state index in [1.165, 1.54) is 17.5 Å². The lowest BCUT2D eigenvalue weighted by atomic mass is 9.94. The first-order valence-electron chi connectivity index (χ1n) is 9.16. The second kappa shape index (κ2) is 6.27. The summed E-state index contributed by atoms with van der Waals surface area (Å²) in [5.74, 6) is -0.238.